The van der Waals surface area contributed by atoms with E-state index in [2.05, 4.69) is 35.6 Å². The van der Waals surface area contributed by atoms with Crippen LogP contribution in [0.4, 0.5) is 0 Å². The van der Waals surface area contributed by atoms with Crippen LogP contribution in [0.25, 0.3) is 0 Å². The molecule has 0 atom stereocenters. The molecule has 2 heteroatoms. The van der Waals surface area contributed by atoms with Gasteiger partial charge < -0.3 is 0 Å². The van der Waals surface area contributed by atoms with Gasteiger partial charge in [0.25, 0.3) is 0 Å². The van der Waals surface area contributed by atoms with Crippen molar-refractivity contribution >= 4 is 29.3 Å². The van der Waals surface area contributed by atoms with E-state index in [1.165, 1.54) is 96.3 Å². The zero-order valence-corrected chi connectivity index (χ0v) is 17.0. The van der Waals surface area contributed by atoms with Crippen LogP contribution in [0.3, 0.4) is 0 Å². The maximum Gasteiger partial charge on any atom is 0.189 e. The second-order valence-corrected chi connectivity index (χ2v) is 9.01. The maximum absolute atomic E-state index is 2.73. The van der Waals surface area contributed by atoms with Crippen LogP contribution in [0, 0.1) is 0 Å². The lowest BCUT2D eigenvalue weighted by Gasteiger charge is -2.35. The predicted octanol–water partition coefficient (Wildman–Crippen LogP) is 7.98. The lowest BCUT2D eigenvalue weighted by molar-refractivity contribution is 0.464. The number of unbranched alkanes of at least 4 members (excludes halogenated alkanes) is 4. The first-order chi connectivity index (χ1) is 10.8. The zero-order valence-electron chi connectivity index (χ0n) is 14.8. The van der Waals surface area contributed by atoms with Crippen LogP contribution in [-0.4, -0.2) is 6.71 Å². The molecule has 0 nitrogen and oxygen atoms in total. The summed E-state index contributed by atoms with van der Waals surface area (Å²) in [6.45, 7) is 3.23. The maximum atomic E-state index is 2.73. The molecule has 2 saturated carbocycles. The van der Waals surface area contributed by atoms with Crippen molar-refractivity contribution in [1.29, 1.82) is 0 Å². The molecule has 2 aliphatic carbocycles. The second-order valence-electron chi connectivity index (χ2n) is 7.76. The molecule has 2 rings (SSSR count). The van der Waals surface area contributed by atoms with Gasteiger partial charge in [0.05, 0.1) is 0 Å². The van der Waals surface area contributed by atoms with Crippen LogP contribution in [0.1, 0.15) is 103 Å². The summed E-state index contributed by atoms with van der Waals surface area (Å²) in [4.78, 5) is 0. The van der Waals surface area contributed by atoms with E-state index in [4.69, 9.17) is 0 Å². The third kappa shape index (κ3) is 6.21. The highest BCUT2D eigenvalue weighted by Crippen LogP contribution is 2.45. The summed E-state index contributed by atoms with van der Waals surface area (Å²) in [5.41, 5.74) is 0. The van der Waals surface area contributed by atoms with Crippen LogP contribution in [0.15, 0.2) is 9.56 Å². The standard InChI is InChI=1S/C20H36BI/c1-2-3-4-5-12-17-20(22)21(18-13-8-6-9-14-18)19-15-10-7-11-16-19/h17-19H,2-16H2,1H3/b20-17-. The lowest BCUT2D eigenvalue weighted by atomic mass is 9.30. The summed E-state index contributed by atoms with van der Waals surface area (Å²) in [6.07, 6.45) is 24.6. The van der Waals surface area contributed by atoms with E-state index in [1.807, 2.05) is 0 Å². The molecule has 0 unspecified atom stereocenters. The van der Waals surface area contributed by atoms with Gasteiger partial charge in [0.2, 0.25) is 0 Å². The molecule has 0 spiro atoms. The van der Waals surface area contributed by atoms with Gasteiger partial charge in [0.1, 0.15) is 0 Å². The van der Waals surface area contributed by atoms with E-state index in [0.29, 0.717) is 0 Å². The topological polar surface area (TPSA) is 0 Å². The molecule has 0 radical (unpaired) electrons. The van der Waals surface area contributed by atoms with E-state index in [0.717, 1.165) is 18.3 Å². The Bertz CT molecular complexity index is 296. The van der Waals surface area contributed by atoms with Crippen molar-refractivity contribution < 1.29 is 0 Å². The highest BCUT2D eigenvalue weighted by Gasteiger charge is 2.36. The van der Waals surface area contributed by atoms with Gasteiger partial charge >= 0.3 is 0 Å². The second kappa shape index (κ2) is 11.2. The molecule has 22 heavy (non-hydrogen) atoms. The minimum absolute atomic E-state index is 0.923. The predicted molar refractivity (Wildman–Crippen MR) is 110 cm³/mol. The molecule has 2 fully saturated rings. The van der Waals surface area contributed by atoms with Gasteiger partial charge in [-0.05, 0) is 16.3 Å². The Morgan fingerprint density at radius 1 is 0.864 bits per heavy atom. The first-order valence-electron chi connectivity index (χ1n) is 10.2. The van der Waals surface area contributed by atoms with Crippen LogP contribution < -0.4 is 0 Å². The van der Waals surface area contributed by atoms with Crippen LogP contribution in [-0.2, 0) is 0 Å². The molecule has 0 aliphatic heterocycles. The molecule has 0 aromatic heterocycles. The monoisotopic (exact) mass is 414 g/mol. The van der Waals surface area contributed by atoms with Gasteiger partial charge in [-0.25, -0.2) is 0 Å². The Kier molecular flexibility index (Phi) is 9.56. The molecule has 0 saturated heterocycles. The summed E-state index contributed by atoms with van der Waals surface area (Å²) >= 11 is 2.73. The average Bonchev–Trinajstić information content (AvgIpc) is 2.57. The fourth-order valence-corrected chi connectivity index (χ4v) is 6.10. The van der Waals surface area contributed by atoms with E-state index < -0.39 is 0 Å². The molecule has 0 heterocycles. The average molecular weight is 414 g/mol. The fourth-order valence-electron chi connectivity index (χ4n) is 4.77. The van der Waals surface area contributed by atoms with Crippen molar-refractivity contribution in [2.45, 2.75) is 115 Å². The lowest BCUT2D eigenvalue weighted by Crippen LogP contribution is -2.30. The van der Waals surface area contributed by atoms with Crippen molar-refractivity contribution in [3.05, 3.63) is 9.56 Å². The molecular weight excluding hydrogens is 378 g/mol. The van der Waals surface area contributed by atoms with E-state index in [-0.39, 0.29) is 0 Å². The third-order valence-electron chi connectivity index (χ3n) is 6.03. The van der Waals surface area contributed by atoms with E-state index in [1.54, 1.807) is 3.48 Å². The van der Waals surface area contributed by atoms with Gasteiger partial charge in [-0.2, -0.15) is 0 Å². The van der Waals surface area contributed by atoms with Crippen LogP contribution >= 0.6 is 22.6 Å². The minimum atomic E-state index is 0.923. The summed E-state index contributed by atoms with van der Waals surface area (Å²) < 4.78 is 1.74. The SMILES string of the molecule is CCCCCC/C=C(\I)B(C1CCCCC1)C1CCCCC1. The number of rotatable bonds is 8. The number of allylic oxidation sites excluding steroid dienone is 1. The zero-order chi connectivity index (χ0) is 15.6. The van der Waals surface area contributed by atoms with Crippen molar-refractivity contribution in [2.24, 2.45) is 0 Å². The Labute approximate surface area is 153 Å². The fraction of sp³-hybridized carbons (Fsp3) is 0.900. The summed E-state index contributed by atoms with van der Waals surface area (Å²) in [5.74, 6) is 2.02. The van der Waals surface area contributed by atoms with Gasteiger partial charge in [-0.1, -0.05) is 131 Å². The van der Waals surface area contributed by atoms with Crippen LogP contribution in [0.2, 0.25) is 11.6 Å². The van der Waals surface area contributed by atoms with Gasteiger partial charge in [0.15, 0.2) is 6.71 Å². The Balaban J connectivity index is 1.93. The molecule has 126 valence electrons. The molecule has 0 bridgehead atoms. The molecule has 0 aromatic carbocycles. The van der Waals surface area contributed by atoms with Crippen molar-refractivity contribution in [3.8, 4) is 0 Å². The highest BCUT2D eigenvalue weighted by molar-refractivity contribution is 14.1. The normalized spacial score (nSPS) is 22.0. The Hall–Kier alpha value is 0.535. The largest absolute Gasteiger partial charge is 0.189 e. The number of hydrogen-bond acceptors (Lipinski definition) is 0. The molecular formula is C20H36BI. The number of hydrogen-bond donors (Lipinski definition) is 0. The third-order valence-corrected chi connectivity index (χ3v) is 7.19. The Morgan fingerprint density at radius 2 is 1.41 bits per heavy atom. The first-order valence-corrected chi connectivity index (χ1v) is 11.3. The van der Waals surface area contributed by atoms with Crippen LogP contribution in [0.5, 0.6) is 0 Å². The van der Waals surface area contributed by atoms with Crippen molar-refractivity contribution in [3.63, 3.8) is 0 Å². The van der Waals surface area contributed by atoms with Gasteiger partial charge in [-0.3, -0.25) is 0 Å². The van der Waals surface area contributed by atoms with Gasteiger partial charge in [0, 0.05) is 0 Å². The van der Waals surface area contributed by atoms with Crippen molar-refractivity contribution in [1.82, 2.24) is 0 Å². The molecule has 0 N–H and O–H groups in total. The summed E-state index contributed by atoms with van der Waals surface area (Å²) in [5, 5.41) is 0. The molecule has 2 aliphatic rings. The van der Waals surface area contributed by atoms with Gasteiger partial charge in [-0.15, -0.1) is 0 Å². The first kappa shape index (κ1) is 18.9. The highest BCUT2D eigenvalue weighted by atomic mass is 127. The molecule has 0 aromatic rings. The minimum Gasteiger partial charge on any atom is -0.0842 e. The Morgan fingerprint density at radius 3 is 1.91 bits per heavy atom. The van der Waals surface area contributed by atoms with Crippen molar-refractivity contribution in [2.75, 3.05) is 0 Å². The quantitative estimate of drug-likeness (QED) is 0.215. The smallest absolute Gasteiger partial charge is 0.0842 e. The summed E-state index contributed by atoms with van der Waals surface area (Å²) in [7, 11) is 0. The number of halogens is 1. The summed E-state index contributed by atoms with van der Waals surface area (Å²) in [6, 6.07) is 0. The van der Waals surface area contributed by atoms with E-state index >= 15 is 0 Å². The molecule has 0 amide bonds. The van der Waals surface area contributed by atoms with E-state index in [9.17, 15) is 0 Å².